The molecule has 3 heteroatoms. The van der Waals surface area contributed by atoms with Gasteiger partial charge in [0.2, 0.25) is 0 Å². The van der Waals surface area contributed by atoms with Crippen LogP contribution >= 0.6 is 0 Å². The average Bonchev–Trinajstić information content (AvgIpc) is 2.28. The summed E-state index contributed by atoms with van der Waals surface area (Å²) in [6, 6.07) is 7.23. The molecule has 2 aromatic rings. The molecule has 0 N–H and O–H groups in total. The normalized spacial score (nSPS) is 10.2. The largest absolute Gasteiger partial charge is 0.423 e. The van der Waals surface area contributed by atoms with E-state index < -0.39 is 0 Å². The number of hydrogen-bond donors (Lipinski definition) is 0. The molecule has 0 spiro atoms. The zero-order chi connectivity index (χ0) is 12.4. The van der Waals surface area contributed by atoms with E-state index in [0.29, 0.717) is 12.1 Å². The summed E-state index contributed by atoms with van der Waals surface area (Å²) in [7, 11) is 1.90. The lowest BCUT2D eigenvalue weighted by Gasteiger charge is -2.16. The maximum Gasteiger partial charge on any atom is 0.336 e. The summed E-state index contributed by atoms with van der Waals surface area (Å²) >= 11 is 0. The van der Waals surface area contributed by atoms with E-state index in [2.05, 4.69) is 5.92 Å². The number of benzene rings is 1. The van der Waals surface area contributed by atoms with E-state index in [0.717, 1.165) is 16.6 Å². The smallest absolute Gasteiger partial charge is 0.336 e. The fraction of sp³-hybridized carbons (Fsp3) is 0.214. The molecular weight excluding hydrogens is 214 g/mol. The molecule has 0 saturated carbocycles. The Morgan fingerprint density at radius 2 is 2.18 bits per heavy atom. The van der Waals surface area contributed by atoms with Gasteiger partial charge in [-0.1, -0.05) is 5.92 Å². The quantitative estimate of drug-likeness (QED) is 0.582. The number of rotatable bonds is 2. The fourth-order valence-electron chi connectivity index (χ4n) is 1.78. The minimum Gasteiger partial charge on any atom is -0.423 e. The molecule has 0 atom stereocenters. The van der Waals surface area contributed by atoms with Crippen LogP contribution in [-0.2, 0) is 0 Å². The van der Waals surface area contributed by atoms with Crippen LogP contribution < -0.4 is 10.5 Å². The fourth-order valence-corrected chi connectivity index (χ4v) is 1.78. The van der Waals surface area contributed by atoms with Crippen LogP contribution in [0.3, 0.4) is 0 Å². The van der Waals surface area contributed by atoms with Crippen molar-refractivity contribution in [1.82, 2.24) is 0 Å². The van der Waals surface area contributed by atoms with E-state index >= 15 is 0 Å². The first kappa shape index (κ1) is 11.3. The molecule has 0 aliphatic carbocycles. The van der Waals surface area contributed by atoms with E-state index in [9.17, 15) is 4.79 Å². The predicted molar refractivity (Wildman–Crippen MR) is 69.3 cm³/mol. The summed E-state index contributed by atoms with van der Waals surface area (Å²) < 4.78 is 5.18. The van der Waals surface area contributed by atoms with Crippen LogP contribution in [0.5, 0.6) is 0 Å². The zero-order valence-corrected chi connectivity index (χ0v) is 9.86. The summed E-state index contributed by atoms with van der Waals surface area (Å²) in [6.07, 6.45) is 5.26. The highest BCUT2D eigenvalue weighted by atomic mass is 16.4. The van der Waals surface area contributed by atoms with Crippen molar-refractivity contribution in [3.8, 4) is 12.3 Å². The molecule has 1 aromatic carbocycles. The monoisotopic (exact) mass is 227 g/mol. The first-order chi connectivity index (χ1) is 8.11. The molecule has 0 bridgehead atoms. The number of fused-ring (bicyclic) bond motifs is 1. The van der Waals surface area contributed by atoms with E-state index in [1.165, 1.54) is 6.07 Å². The summed E-state index contributed by atoms with van der Waals surface area (Å²) in [5.74, 6) is 2.57. The second kappa shape index (κ2) is 4.34. The Bertz CT molecular complexity index is 649. The lowest BCUT2D eigenvalue weighted by atomic mass is 10.1. The Balaban J connectivity index is 2.58. The maximum atomic E-state index is 11.3. The Morgan fingerprint density at radius 3 is 2.88 bits per heavy atom. The van der Waals surface area contributed by atoms with Gasteiger partial charge in [0, 0.05) is 30.3 Å². The van der Waals surface area contributed by atoms with Crippen molar-refractivity contribution >= 4 is 16.7 Å². The van der Waals surface area contributed by atoms with Crippen molar-refractivity contribution < 1.29 is 4.42 Å². The van der Waals surface area contributed by atoms with E-state index in [1.807, 2.05) is 37.1 Å². The van der Waals surface area contributed by atoms with Crippen LogP contribution in [0.1, 0.15) is 5.56 Å². The minimum atomic E-state index is -0.327. The molecule has 0 radical (unpaired) electrons. The zero-order valence-electron chi connectivity index (χ0n) is 9.86. The van der Waals surface area contributed by atoms with Crippen LogP contribution in [-0.4, -0.2) is 13.6 Å². The molecule has 1 heterocycles. The van der Waals surface area contributed by atoms with Gasteiger partial charge in [0.25, 0.3) is 0 Å². The Kier molecular flexibility index (Phi) is 2.88. The third-order valence-electron chi connectivity index (χ3n) is 2.70. The van der Waals surface area contributed by atoms with Gasteiger partial charge in [0.15, 0.2) is 0 Å². The SMILES string of the molecule is C#CCN(C)c1ccc2c(C)cc(=O)oc2c1. The molecule has 17 heavy (non-hydrogen) atoms. The van der Waals surface area contributed by atoms with E-state index in [1.54, 1.807) is 0 Å². The lowest BCUT2D eigenvalue weighted by Crippen LogP contribution is -2.16. The van der Waals surface area contributed by atoms with Gasteiger partial charge in [0.05, 0.1) is 6.54 Å². The maximum absolute atomic E-state index is 11.3. The van der Waals surface area contributed by atoms with Gasteiger partial charge in [-0.15, -0.1) is 6.42 Å². The first-order valence-corrected chi connectivity index (χ1v) is 5.31. The second-order valence-corrected chi connectivity index (χ2v) is 3.99. The lowest BCUT2D eigenvalue weighted by molar-refractivity contribution is 0.560. The first-order valence-electron chi connectivity index (χ1n) is 5.31. The molecule has 0 saturated heterocycles. The Labute approximate surface area is 99.7 Å². The van der Waals surface area contributed by atoms with E-state index in [4.69, 9.17) is 10.8 Å². The van der Waals surface area contributed by atoms with Crippen molar-refractivity contribution in [2.45, 2.75) is 6.92 Å². The topological polar surface area (TPSA) is 33.5 Å². The van der Waals surface area contributed by atoms with Gasteiger partial charge in [-0.2, -0.15) is 0 Å². The molecule has 0 fully saturated rings. The average molecular weight is 227 g/mol. The van der Waals surface area contributed by atoms with Gasteiger partial charge < -0.3 is 9.32 Å². The minimum absolute atomic E-state index is 0.327. The molecule has 86 valence electrons. The standard InChI is InChI=1S/C14H13NO2/c1-4-7-15(3)11-5-6-12-10(2)8-14(16)17-13(12)9-11/h1,5-6,8-9H,7H2,2-3H3. The van der Waals surface area contributed by atoms with Crippen LogP contribution in [0.4, 0.5) is 5.69 Å². The molecule has 0 unspecified atom stereocenters. The Morgan fingerprint density at radius 1 is 1.41 bits per heavy atom. The van der Waals surface area contributed by atoms with Crippen LogP contribution in [0.15, 0.2) is 33.5 Å². The third-order valence-corrected chi connectivity index (χ3v) is 2.70. The molecule has 1 aromatic heterocycles. The highest BCUT2D eigenvalue weighted by Gasteiger charge is 2.05. The van der Waals surface area contributed by atoms with Gasteiger partial charge in [-0.05, 0) is 24.6 Å². The summed E-state index contributed by atoms with van der Waals surface area (Å²) in [5.41, 5.74) is 2.12. The third kappa shape index (κ3) is 2.16. The van der Waals surface area contributed by atoms with Gasteiger partial charge >= 0.3 is 5.63 Å². The highest BCUT2D eigenvalue weighted by Crippen LogP contribution is 2.22. The van der Waals surface area contributed by atoms with Gasteiger partial charge in [-0.3, -0.25) is 0 Å². The highest BCUT2D eigenvalue weighted by molar-refractivity contribution is 5.83. The van der Waals surface area contributed by atoms with Crippen molar-refractivity contribution in [3.63, 3.8) is 0 Å². The van der Waals surface area contributed by atoms with Crippen molar-refractivity contribution in [2.24, 2.45) is 0 Å². The van der Waals surface area contributed by atoms with Crippen LogP contribution in [0.25, 0.3) is 11.0 Å². The summed E-state index contributed by atoms with van der Waals surface area (Å²) in [5, 5.41) is 0.947. The molecule has 2 rings (SSSR count). The van der Waals surface area contributed by atoms with Crippen LogP contribution in [0.2, 0.25) is 0 Å². The Hall–Kier alpha value is -2.21. The van der Waals surface area contributed by atoms with Crippen molar-refractivity contribution in [1.29, 1.82) is 0 Å². The molecule has 3 nitrogen and oxygen atoms in total. The number of aryl methyl sites for hydroxylation is 1. The summed E-state index contributed by atoms with van der Waals surface area (Å²) in [6.45, 7) is 2.41. The number of anilines is 1. The molecule has 0 amide bonds. The number of nitrogens with zero attached hydrogens (tertiary/aromatic N) is 1. The van der Waals surface area contributed by atoms with Crippen LogP contribution in [0, 0.1) is 19.3 Å². The molecular formula is C14H13NO2. The predicted octanol–water partition coefficient (Wildman–Crippen LogP) is 2.17. The van der Waals surface area contributed by atoms with Crippen molar-refractivity contribution in [3.05, 3.63) is 40.2 Å². The molecule has 0 aliphatic heterocycles. The van der Waals surface area contributed by atoms with Gasteiger partial charge in [-0.25, -0.2) is 4.79 Å². The number of hydrogen-bond acceptors (Lipinski definition) is 3. The summed E-state index contributed by atoms with van der Waals surface area (Å²) in [4.78, 5) is 13.2. The van der Waals surface area contributed by atoms with Gasteiger partial charge in [0.1, 0.15) is 5.58 Å². The van der Waals surface area contributed by atoms with E-state index in [-0.39, 0.29) is 5.63 Å². The van der Waals surface area contributed by atoms with Crippen molar-refractivity contribution in [2.75, 3.05) is 18.5 Å². The molecule has 0 aliphatic rings. The number of terminal acetylenes is 1. The second-order valence-electron chi connectivity index (χ2n) is 3.99.